The highest BCUT2D eigenvalue weighted by atomic mass is 35.5. The highest BCUT2D eigenvalue weighted by Crippen LogP contribution is 2.17. The number of carbonyl (C=O) groups excluding carboxylic acids is 1. The molecule has 1 aliphatic heterocycles. The average Bonchev–Trinajstić information content (AvgIpc) is 2.72. The minimum absolute atomic E-state index is 0.0780. The first-order valence-electron chi connectivity index (χ1n) is 9.97. The topological polar surface area (TPSA) is 49.8 Å². The van der Waals surface area contributed by atoms with Crippen molar-refractivity contribution < 1.29 is 14.6 Å². The van der Waals surface area contributed by atoms with Crippen molar-refractivity contribution in [2.24, 2.45) is 0 Å². The van der Waals surface area contributed by atoms with E-state index in [0.717, 1.165) is 18.7 Å². The zero-order valence-corrected chi connectivity index (χ0v) is 16.9. The fraction of sp³-hybridized carbons (Fsp3) is 0.435. The minimum Gasteiger partial charge on any atom is -0.389 e. The fourth-order valence-electron chi connectivity index (χ4n) is 3.61. The standard InChI is InChI=1S/C23H28ClNO3/c24-20-11-7-8-18(14-20)15-22(23(27)19-9-3-1-4-10-19)28-17-21(26)16-25-12-5-2-6-13-25/h1,3-4,7-11,14,21-22,26H,2,5-6,12-13,15-17H2. The van der Waals surface area contributed by atoms with Crippen LogP contribution in [0.25, 0.3) is 0 Å². The van der Waals surface area contributed by atoms with E-state index >= 15 is 0 Å². The SMILES string of the molecule is O=C(c1ccccc1)C(Cc1cccc(Cl)c1)OCC(O)CN1CCCCC1. The van der Waals surface area contributed by atoms with Gasteiger partial charge in [-0.25, -0.2) is 0 Å². The predicted octanol–water partition coefficient (Wildman–Crippen LogP) is 4.00. The van der Waals surface area contributed by atoms with Crippen LogP contribution in [0, 0.1) is 0 Å². The van der Waals surface area contributed by atoms with Crippen molar-refractivity contribution in [3.8, 4) is 0 Å². The molecule has 0 aliphatic carbocycles. The molecule has 4 nitrogen and oxygen atoms in total. The van der Waals surface area contributed by atoms with Gasteiger partial charge in [-0.05, 0) is 43.6 Å². The van der Waals surface area contributed by atoms with Crippen LogP contribution >= 0.6 is 11.6 Å². The molecule has 1 heterocycles. The number of rotatable bonds is 9. The number of benzene rings is 2. The Kier molecular flexibility index (Phi) is 8.04. The van der Waals surface area contributed by atoms with Gasteiger partial charge < -0.3 is 14.7 Å². The third-order valence-corrected chi connectivity index (χ3v) is 5.30. The van der Waals surface area contributed by atoms with E-state index in [9.17, 15) is 9.90 Å². The second-order valence-electron chi connectivity index (χ2n) is 7.40. The van der Waals surface area contributed by atoms with E-state index in [4.69, 9.17) is 16.3 Å². The number of Topliss-reactive ketones (excluding diaryl/α,β-unsaturated/α-hetero) is 1. The van der Waals surface area contributed by atoms with Gasteiger partial charge in [0.2, 0.25) is 0 Å². The monoisotopic (exact) mass is 401 g/mol. The van der Waals surface area contributed by atoms with E-state index in [0.29, 0.717) is 23.6 Å². The van der Waals surface area contributed by atoms with Crippen LogP contribution in [0.15, 0.2) is 54.6 Å². The molecule has 3 rings (SSSR count). The molecule has 2 aromatic carbocycles. The number of nitrogens with zero attached hydrogens (tertiary/aromatic N) is 1. The lowest BCUT2D eigenvalue weighted by Gasteiger charge is -2.29. The minimum atomic E-state index is -0.656. The van der Waals surface area contributed by atoms with Gasteiger partial charge in [-0.2, -0.15) is 0 Å². The van der Waals surface area contributed by atoms with Crippen LogP contribution in [0.1, 0.15) is 35.2 Å². The summed E-state index contributed by atoms with van der Waals surface area (Å²) < 4.78 is 5.94. The van der Waals surface area contributed by atoms with E-state index in [-0.39, 0.29) is 12.4 Å². The third-order valence-electron chi connectivity index (χ3n) is 5.07. The molecule has 0 radical (unpaired) electrons. The van der Waals surface area contributed by atoms with Crippen molar-refractivity contribution in [3.05, 3.63) is 70.7 Å². The molecule has 1 fully saturated rings. The molecule has 0 spiro atoms. The second-order valence-corrected chi connectivity index (χ2v) is 7.84. The van der Waals surface area contributed by atoms with Crippen LogP contribution < -0.4 is 0 Å². The van der Waals surface area contributed by atoms with Crippen molar-refractivity contribution in [2.45, 2.75) is 37.9 Å². The first-order valence-corrected chi connectivity index (χ1v) is 10.4. The average molecular weight is 402 g/mol. The lowest BCUT2D eigenvalue weighted by molar-refractivity contribution is -0.0151. The molecule has 5 heteroatoms. The number of hydrogen-bond acceptors (Lipinski definition) is 4. The first kappa shape index (κ1) is 21.0. The third kappa shape index (κ3) is 6.42. The van der Waals surface area contributed by atoms with E-state index in [1.54, 1.807) is 12.1 Å². The lowest BCUT2D eigenvalue weighted by Crippen LogP contribution is -2.39. The molecule has 2 aromatic rings. The molecule has 0 aromatic heterocycles. The molecule has 2 unspecified atom stereocenters. The summed E-state index contributed by atoms with van der Waals surface area (Å²) in [6, 6.07) is 16.6. The molecule has 150 valence electrons. The van der Waals surface area contributed by atoms with E-state index in [1.807, 2.05) is 42.5 Å². The van der Waals surface area contributed by atoms with Crippen molar-refractivity contribution >= 4 is 17.4 Å². The van der Waals surface area contributed by atoms with Crippen molar-refractivity contribution in [3.63, 3.8) is 0 Å². The summed E-state index contributed by atoms with van der Waals surface area (Å²) in [6.45, 7) is 2.77. The summed E-state index contributed by atoms with van der Waals surface area (Å²) in [6.07, 6.45) is 2.77. The van der Waals surface area contributed by atoms with Gasteiger partial charge in [-0.3, -0.25) is 4.79 Å². The van der Waals surface area contributed by atoms with Crippen LogP contribution in [0.4, 0.5) is 0 Å². The summed E-state index contributed by atoms with van der Waals surface area (Å²) in [5, 5.41) is 11.0. The Morgan fingerprint density at radius 1 is 1.07 bits per heavy atom. The highest BCUT2D eigenvalue weighted by Gasteiger charge is 2.23. The molecular formula is C23H28ClNO3. The molecule has 1 N–H and O–H groups in total. The number of aliphatic hydroxyl groups is 1. The van der Waals surface area contributed by atoms with Gasteiger partial charge in [0.25, 0.3) is 0 Å². The van der Waals surface area contributed by atoms with E-state index in [2.05, 4.69) is 4.90 Å². The number of β-amino-alcohol motifs (C(OH)–C–C–N with tert-alkyl or cyclic N) is 1. The van der Waals surface area contributed by atoms with Crippen LogP contribution in [0.2, 0.25) is 5.02 Å². The molecule has 1 aliphatic rings. The Morgan fingerprint density at radius 2 is 1.82 bits per heavy atom. The summed E-state index contributed by atoms with van der Waals surface area (Å²) in [5.41, 5.74) is 1.55. The van der Waals surface area contributed by atoms with Crippen LogP contribution in [-0.4, -0.2) is 54.2 Å². The van der Waals surface area contributed by atoms with Gasteiger partial charge in [0.05, 0.1) is 12.7 Å². The van der Waals surface area contributed by atoms with Crippen LogP contribution in [0.3, 0.4) is 0 Å². The van der Waals surface area contributed by atoms with Gasteiger partial charge in [-0.15, -0.1) is 0 Å². The Labute approximate surface area is 172 Å². The number of aliphatic hydroxyl groups excluding tert-OH is 1. The normalized spacial score (nSPS) is 17.2. The Morgan fingerprint density at radius 3 is 2.54 bits per heavy atom. The zero-order valence-electron chi connectivity index (χ0n) is 16.1. The maximum absolute atomic E-state index is 13.0. The molecule has 0 bridgehead atoms. The van der Waals surface area contributed by atoms with Crippen molar-refractivity contribution in [1.82, 2.24) is 4.90 Å². The number of carbonyl (C=O) groups is 1. The van der Waals surface area contributed by atoms with Crippen molar-refractivity contribution in [1.29, 1.82) is 0 Å². The molecule has 1 saturated heterocycles. The number of ketones is 1. The fourth-order valence-corrected chi connectivity index (χ4v) is 3.83. The van der Waals surface area contributed by atoms with Gasteiger partial charge in [0.1, 0.15) is 6.10 Å². The van der Waals surface area contributed by atoms with Gasteiger partial charge in [0.15, 0.2) is 5.78 Å². The second kappa shape index (κ2) is 10.7. The molecule has 2 atom stereocenters. The van der Waals surface area contributed by atoms with Gasteiger partial charge in [0, 0.05) is 23.6 Å². The number of likely N-dealkylation sites (tertiary alicyclic amines) is 1. The number of piperidine rings is 1. The molecule has 28 heavy (non-hydrogen) atoms. The largest absolute Gasteiger partial charge is 0.389 e. The highest BCUT2D eigenvalue weighted by molar-refractivity contribution is 6.30. The van der Waals surface area contributed by atoms with E-state index < -0.39 is 12.2 Å². The summed E-state index contributed by atoms with van der Waals surface area (Å²) in [7, 11) is 0. The van der Waals surface area contributed by atoms with Crippen LogP contribution in [-0.2, 0) is 11.2 Å². The molecular weight excluding hydrogens is 374 g/mol. The van der Waals surface area contributed by atoms with Crippen LogP contribution in [0.5, 0.6) is 0 Å². The molecule has 0 saturated carbocycles. The number of halogens is 1. The number of ether oxygens (including phenoxy) is 1. The van der Waals surface area contributed by atoms with Gasteiger partial charge in [-0.1, -0.05) is 60.5 Å². The van der Waals surface area contributed by atoms with Crippen molar-refractivity contribution in [2.75, 3.05) is 26.2 Å². The predicted molar refractivity (Wildman–Crippen MR) is 112 cm³/mol. The quantitative estimate of drug-likeness (QED) is 0.645. The smallest absolute Gasteiger partial charge is 0.191 e. The number of hydrogen-bond donors (Lipinski definition) is 1. The summed E-state index contributed by atoms with van der Waals surface area (Å²) in [4.78, 5) is 15.3. The summed E-state index contributed by atoms with van der Waals surface area (Å²) >= 11 is 6.09. The first-order chi connectivity index (χ1) is 13.6. The molecule has 0 amide bonds. The Balaban J connectivity index is 1.64. The zero-order chi connectivity index (χ0) is 19.8. The maximum Gasteiger partial charge on any atom is 0.191 e. The summed E-state index contributed by atoms with van der Waals surface area (Å²) in [5.74, 6) is -0.0780. The maximum atomic E-state index is 13.0. The Hall–Kier alpha value is -1.72. The Bertz CT molecular complexity index is 747. The lowest BCUT2D eigenvalue weighted by atomic mass is 10.00. The van der Waals surface area contributed by atoms with E-state index in [1.165, 1.54) is 19.3 Å². The van der Waals surface area contributed by atoms with Gasteiger partial charge >= 0.3 is 0 Å².